The van der Waals surface area contributed by atoms with E-state index >= 15 is 0 Å². The highest BCUT2D eigenvalue weighted by molar-refractivity contribution is 7.20. The summed E-state index contributed by atoms with van der Waals surface area (Å²) in [5.74, 6) is -0.426. The van der Waals surface area contributed by atoms with Crippen molar-refractivity contribution in [2.24, 2.45) is 0 Å². The van der Waals surface area contributed by atoms with Crippen LogP contribution in [0, 0.1) is 12.7 Å². The van der Waals surface area contributed by atoms with Crippen molar-refractivity contribution in [2.45, 2.75) is 26.3 Å². The van der Waals surface area contributed by atoms with Crippen LogP contribution in [-0.4, -0.2) is 28.1 Å². The van der Waals surface area contributed by atoms with Crippen LogP contribution in [-0.2, 0) is 11.3 Å². The van der Waals surface area contributed by atoms with E-state index in [1.165, 1.54) is 23.5 Å². The van der Waals surface area contributed by atoms with Crippen LogP contribution in [0.2, 0.25) is 0 Å². The highest BCUT2D eigenvalue weighted by Gasteiger charge is 2.25. The van der Waals surface area contributed by atoms with Crippen molar-refractivity contribution in [3.8, 4) is 0 Å². The fourth-order valence-electron chi connectivity index (χ4n) is 4.00. The third kappa shape index (κ3) is 3.78. The van der Waals surface area contributed by atoms with Crippen LogP contribution in [0.1, 0.15) is 33.8 Å². The fourth-order valence-corrected chi connectivity index (χ4v) is 5.05. The normalized spacial score (nSPS) is 13.8. The zero-order valence-electron chi connectivity index (χ0n) is 17.5. The molecule has 0 bridgehead atoms. The van der Waals surface area contributed by atoms with Gasteiger partial charge in [0.15, 0.2) is 0 Å². The van der Waals surface area contributed by atoms with Gasteiger partial charge in [-0.3, -0.25) is 14.3 Å². The highest BCUT2D eigenvalue weighted by Crippen LogP contribution is 2.32. The van der Waals surface area contributed by atoms with Crippen LogP contribution in [0.25, 0.3) is 10.2 Å². The average molecular weight is 449 g/mol. The molecular formula is C24H21FN4O2S. The van der Waals surface area contributed by atoms with E-state index in [0.717, 1.165) is 33.6 Å². The Bertz CT molecular complexity index is 1330. The molecule has 1 aliphatic rings. The summed E-state index contributed by atoms with van der Waals surface area (Å²) in [5.41, 5.74) is 3.11. The van der Waals surface area contributed by atoms with Crippen molar-refractivity contribution >= 4 is 44.7 Å². The molecule has 162 valence electrons. The lowest BCUT2D eigenvalue weighted by Crippen LogP contribution is -2.25. The van der Waals surface area contributed by atoms with Gasteiger partial charge in [-0.25, -0.2) is 4.39 Å². The second-order valence-corrected chi connectivity index (χ2v) is 8.85. The Kier molecular flexibility index (Phi) is 5.22. The Balaban J connectivity index is 1.42. The molecule has 2 aromatic heterocycles. The zero-order valence-corrected chi connectivity index (χ0v) is 18.3. The fraction of sp³-hybridized carbons (Fsp3) is 0.208. The summed E-state index contributed by atoms with van der Waals surface area (Å²) in [6.45, 7) is 3.06. The minimum atomic E-state index is -0.276. The SMILES string of the molecule is Cc1nn(Cc2ccc(F)cc2)c2sc(C(=O)Nc3ccccc3N3CCCC3=O)cc12. The summed E-state index contributed by atoms with van der Waals surface area (Å²) in [6.07, 6.45) is 1.35. The van der Waals surface area contributed by atoms with Crippen LogP contribution in [0.15, 0.2) is 54.6 Å². The molecule has 0 atom stereocenters. The van der Waals surface area contributed by atoms with Gasteiger partial charge in [0.05, 0.1) is 28.5 Å². The number of anilines is 2. The summed E-state index contributed by atoms with van der Waals surface area (Å²) < 4.78 is 15.1. The Morgan fingerprint density at radius 1 is 1.19 bits per heavy atom. The smallest absolute Gasteiger partial charge is 0.265 e. The van der Waals surface area contributed by atoms with E-state index in [-0.39, 0.29) is 17.6 Å². The second-order valence-electron chi connectivity index (χ2n) is 7.82. The molecule has 0 saturated carbocycles. The van der Waals surface area contributed by atoms with Gasteiger partial charge >= 0.3 is 0 Å². The van der Waals surface area contributed by atoms with Crippen LogP contribution >= 0.6 is 11.3 Å². The van der Waals surface area contributed by atoms with E-state index in [0.29, 0.717) is 30.1 Å². The lowest BCUT2D eigenvalue weighted by atomic mass is 10.2. The minimum absolute atomic E-state index is 0.0741. The molecule has 0 aliphatic carbocycles. The maximum absolute atomic E-state index is 13.2. The molecule has 1 fully saturated rings. The monoisotopic (exact) mass is 448 g/mol. The van der Waals surface area contributed by atoms with Crippen LogP contribution in [0.5, 0.6) is 0 Å². The first-order valence-electron chi connectivity index (χ1n) is 10.4. The van der Waals surface area contributed by atoms with Crippen LogP contribution in [0.3, 0.4) is 0 Å². The molecule has 1 saturated heterocycles. The Morgan fingerprint density at radius 3 is 2.72 bits per heavy atom. The number of aromatic nitrogens is 2. The van der Waals surface area contributed by atoms with Gasteiger partial charge in [-0.2, -0.15) is 5.10 Å². The van der Waals surface area contributed by atoms with Crippen LogP contribution < -0.4 is 10.2 Å². The number of nitrogens with zero attached hydrogens (tertiary/aromatic N) is 3. The molecule has 0 unspecified atom stereocenters. The number of nitrogens with one attached hydrogen (secondary N) is 1. The van der Waals surface area contributed by atoms with E-state index in [9.17, 15) is 14.0 Å². The highest BCUT2D eigenvalue weighted by atomic mass is 32.1. The van der Waals surface area contributed by atoms with Gasteiger partial charge in [-0.15, -0.1) is 11.3 Å². The van der Waals surface area contributed by atoms with Gasteiger partial charge in [-0.05, 0) is 49.2 Å². The quantitative estimate of drug-likeness (QED) is 0.469. The first-order valence-corrected chi connectivity index (χ1v) is 11.2. The van der Waals surface area contributed by atoms with Crippen molar-refractivity contribution in [2.75, 3.05) is 16.8 Å². The van der Waals surface area contributed by atoms with Gasteiger partial charge in [-0.1, -0.05) is 24.3 Å². The molecule has 32 heavy (non-hydrogen) atoms. The number of hydrogen-bond donors (Lipinski definition) is 1. The molecule has 2 amide bonds. The van der Waals surface area contributed by atoms with Gasteiger partial charge in [0.25, 0.3) is 5.91 Å². The Morgan fingerprint density at radius 2 is 1.97 bits per heavy atom. The van der Waals surface area contributed by atoms with E-state index in [1.807, 2.05) is 41.9 Å². The topological polar surface area (TPSA) is 67.2 Å². The van der Waals surface area contributed by atoms with E-state index < -0.39 is 0 Å². The average Bonchev–Trinajstić information content (AvgIpc) is 3.48. The molecule has 6 nitrogen and oxygen atoms in total. The molecule has 2 aromatic carbocycles. The molecule has 3 heterocycles. The molecule has 0 radical (unpaired) electrons. The summed E-state index contributed by atoms with van der Waals surface area (Å²) in [5, 5.41) is 8.48. The predicted octanol–water partition coefficient (Wildman–Crippen LogP) is 4.97. The number of carbonyl (C=O) groups excluding carboxylic acids is 2. The van der Waals surface area contributed by atoms with Crippen LogP contribution in [0.4, 0.5) is 15.8 Å². The number of para-hydroxylation sites is 2. The standard InChI is InChI=1S/C24H21FN4O2S/c1-15-18-13-21(32-24(18)29(27-15)14-16-8-10-17(25)11-9-16)23(31)26-19-5-2-3-6-20(19)28-12-4-7-22(28)30/h2-3,5-6,8-11,13H,4,7,12,14H2,1H3,(H,26,31). The first kappa shape index (κ1) is 20.4. The van der Waals surface area contributed by atoms with Gasteiger partial charge in [0.1, 0.15) is 10.6 Å². The predicted molar refractivity (Wildman–Crippen MR) is 124 cm³/mol. The number of benzene rings is 2. The van der Waals surface area contributed by atoms with Crippen molar-refractivity contribution in [3.05, 3.63) is 76.5 Å². The summed E-state index contributed by atoms with van der Waals surface area (Å²) in [7, 11) is 0. The minimum Gasteiger partial charge on any atom is -0.319 e. The molecule has 0 spiro atoms. The van der Waals surface area contributed by atoms with Crippen molar-refractivity contribution < 1.29 is 14.0 Å². The van der Waals surface area contributed by atoms with E-state index in [1.54, 1.807) is 17.0 Å². The molecule has 1 aliphatic heterocycles. The number of fused-ring (bicyclic) bond motifs is 1. The number of carbonyl (C=O) groups is 2. The van der Waals surface area contributed by atoms with Crippen molar-refractivity contribution in [1.82, 2.24) is 9.78 Å². The van der Waals surface area contributed by atoms with Gasteiger partial charge in [0, 0.05) is 18.4 Å². The first-order chi connectivity index (χ1) is 15.5. The third-order valence-electron chi connectivity index (χ3n) is 5.59. The van der Waals surface area contributed by atoms with Crippen molar-refractivity contribution in [1.29, 1.82) is 0 Å². The molecule has 1 N–H and O–H groups in total. The van der Waals surface area contributed by atoms with Gasteiger partial charge < -0.3 is 10.2 Å². The van der Waals surface area contributed by atoms with Crippen molar-refractivity contribution in [3.63, 3.8) is 0 Å². The maximum Gasteiger partial charge on any atom is 0.265 e. The van der Waals surface area contributed by atoms with Gasteiger partial charge in [0.2, 0.25) is 5.91 Å². The van der Waals surface area contributed by atoms with E-state index in [4.69, 9.17) is 0 Å². The third-order valence-corrected chi connectivity index (χ3v) is 6.74. The number of thiophene rings is 1. The lowest BCUT2D eigenvalue weighted by molar-refractivity contribution is -0.117. The Labute approximate surface area is 188 Å². The maximum atomic E-state index is 13.2. The summed E-state index contributed by atoms with van der Waals surface area (Å²) in [6, 6.07) is 15.5. The zero-order chi connectivity index (χ0) is 22.2. The summed E-state index contributed by atoms with van der Waals surface area (Å²) in [4.78, 5) is 28.4. The lowest BCUT2D eigenvalue weighted by Gasteiger charge is -2.19. The number of aryl methyl sites for hydroxylation is 1. The summed E-state index contributed by atoms with van der Waals surface area (Å²) >= 11 is 1.37. The largest absolute Gasteiger partial charge is 0.319 e. The number of rotatable bonds is 5. The number of hydrogen-bond acceptors (Lipinski definition) is 4. The number of halogens is 1. The molecule has 5 rings (SSSR count). The molecule has 8 heteroatoms. The molecular weight excluding hydrogens is 427 g/mol. The molecule has 4 aromatic rings. The number of amides is 2. The van der Waals surface area contributed by atoms with E-state index in [2.05, 4.69) is 10.4 Å². The Hall–Kier alpha value is -3.52. The second kappa shape index (κ2) is 8.20.